The molecule has 5 heteroatoms. The maximum Gasteiger partial charge on any atom is 0.173 e. The smallest absolute Gasteiger partial charge is 0.173 e. The fourth-order valence-corrected chi connectivity index (χ4v) is 2.87. The second-order valence-electron chi connectivity index (χ2n) is 5.53. The number of anilines is 1. The Morgan fingerprint density at radius 2 is 1.92 bits per heavy atom. The monoisotopic (exact) mass is 319 g/mol. The number of benzene rings is 2. The summed E-state index contributed by atoms with van der Waals surface area (Å²) in [6.45, 7) is 1.96. The zero-order valence-electron chi connectivity index (χ0n) is 13.5. The Hall–Kier alpha value is -3.08. The van der Waals surface area contributed by atoms with Crippen molar-refractivity contribution in [2.75, 3.05) is 12.0 Å². The van der Waals surface area contributed by atoms with E-state index in [1.165, 1.54) is 0 Å². The zero-order chi connectivity index (χ0) is 16.5. The van der Waals surface area contributed by atoms with E-state index in [-0.39, 0.29) is 6.23 Å². The lowest BCUT2D eigenvalue weighted by Gasteiger charge is -2.20. The summed E-state index contributed by atoms with van der Waals surface area (Å²) in [4.78, 5) is 11.4. The summed E-state index contributed by atoms with van der Waals surface area (Å²) in [5.41, 5.74) is 3.70. The molecule has 0 bridgehead atoms. The van der Waals surface area contributed by atoms with E-state index >= 15 is 0 Å². The lowest BCUT2D eigenvalue weighted by atomic mass is 10.0. The summed E-state index contributed by atoms with van der Waals surface area (Å²) in [7, 11) is 1.65. The summed E-state index contributed by atoms with van der Waals surface area (Å²) in [5.74, 6) is 1.43. The first-order valence-electron chi connectivity index (χ1n) is 7.77. The van der Waals surface area contributed by atoms with Crippen LogP contribution in [0.2, 0.25) is 0 Å². The molecule has 2 heterocycles. The van der Waals surface area contributed by atoms with Gasteiger partial charge in [0.2, 0.25) is 0 Å². The minimum absolute atomic E-state index is 0.0972. The molecule has 1 aliphatic heterocycles. The Labute approximate surface area is 140 Å². The van der Waals surface area contributed by atoms with Gasteiger partial charge in [0, 0.05) is 11.8 Å². The first-order valence-corrected chi connectivity index (χ1v) is 7.77. The molecular weight excluding hydrogens is 302 g/mol. The van der Waals surface area contributed by atoms with E-state index in [0.717, 1.165) is 28.0 Å². The molecule has 2 aromatic carbocycles. The molecule has 1 atom stereocenters. The van der Waals surface area contributed by atoms with E-state index < -0.39 is 0 Å². The minimum atomic E-state index is -0.0972. The van der Waals surface area contributed by atoms with Crippen LogP contribution in [0.15, 0.2) is 61.1 Å². The van der Waals surface area contributed by atoms with E-state index in [0.29, 0.717) is 5.75 Å². The molecule has 4 rings (SSSR count). The van der Waals surface area contributed by atoms with Gasteiger partial charge >= 0.3 is 0 Å². The molecule has 24 heavy (non-hydrogen) atoms. The van der Waals surface area contributed by atoms with Crippen molar-refractivity contribution in [1.82, 2.24) is 9.97 Å². The van der Waals surface area contributed by atoms with E-state index in [1.807, 2.05) is 48.4 Å². The van der Waals surface area contributed by atoms with Gasteiger partial charge in [-0.1, -0.05) is 30.3 Å². The van der Waals surface area contributed by atoms with Gasteiger partial charge in [-0.2, -0.15) is 0 Å². The highest BCUT2D eigenvalue weighted by molar-refractivity contribution is 5.95. The van der Waals surface area contributed by atoms with Crippen LogP contribution in [0.5, 0.6) is 5.75 Å². The maximum absolute atomic E-state index is 5.49. The van der Waals surface area contributed by atoms with Crippen molar-refractivity contribution in [3.05, 3.63) is 61.1 Å². The van der Waals surface area contributed by atoms with Gasteiger partial charge in [-0.15, -0.1) is 0 Å². The predicted octanol–water partition coefficient (Wildman–Crippen LogP) is 3.96. The number of aromatic nitrogens is 2. The molecule has 0 saturated heterocycles. The first kappa shape index (κ1) is 14.5. The van der Waals surface area contributed by atoms with Crippen molar-refractivity contribution >= 4 is 16.9 Å². The van der Waals surface area contributed by atoms with Crippen LogP contribution in [0.3, 0.4) is 0 Å². The van der Waals surface area contributed by atoms with Gasteiger partial charge in [-0.05, 0) is 24.6 Å². The largest absolute Gasteiger partial charge is 0.494 e. The molecule has 5 nitrogen and oxygen atoms in total. The van der Waals surface area contributed by atoms with E-state index in [9.17, 15) is 0 Å². The molecule has 0 fully saturated rings. The Morgan fingerprint density at radius 3 is 2.62 bits per heavy atom. The first-order chi connectivity index (χ1) is 11.8. The Kier molecular flexibility index (Phi) is 3.54. The van der Waals surface area contributed by atoms with Crippen LogP contribution in [0.1, 0.15) is 6.92 Å². The van der Waals surface area contributed by atoms with Crippen molar-refractivity contribution in [1.29, 1.82) is 0 Å². The highest BCUT2D eigenvalue weighted by Crippen LogP contribution is 2.33. The molecule has 0 saturated carbocycles. The lowest BCUT2D eigenvalue weighted by molar-refractivity contribution is 0.189. The number of hydrogen-bond acceptors (Lipinski definition) is 5. The normalized spacial score (nSPS) is 16.4. The number of fused-ring (bicyclic) bond motifs is 1. The molecule has 120 valence electrons. The van der Waals surface area contributed by atoms with Gasteiger partial charge in [0.05, 0.1) is 13.3 Å². The van der Waals surface area contributed by atoms with E-state index in [2.05, 4.69) is 17.1 Å². The Morgan fingerprint density at radius 1 is 1.08 bits per heavy atom. The lowest BCUT2D eigenvalue weighted by Crippen LogP contribution is -2.25. The van der Waals surface area contributed by atoms with Crippen molar-refractivity contribution in [3.8, 4) is 16.9 Å². The number of rotatable bonds is 3. The van der Waals surface area contributed by atoms with Crippen LogP contribution in [-0.2, 0) is 4.74 Å². The molecule has 3 aromatic rings. The van der Waals surface area contributed by atoms with E-state index in [1.54, 1.807) is 19.6 Å². The van der Waals surface area contributed by atoms with E-state index in [4.69, 9.17) is 14.5 Å². The molecule has 1 unspecified atom stereocenters. The molecule has 0 amide bonds. The van der Waals surface area contributed by atoms with Gasteiger partial charge in [-0.3, -0.25) is 4.90 Å². The second kappa shape index (κ2) is 5.85. The third-order valence-corrected chi connectivity index (χ3v) is 4.11. The minimum Gasteiger partial charge on any atom is -0.494 e. The van der Waals surface area contributed by atoms with Crippen LogP contribution in [0, 0.1) is 0 Å². The second-order valence-corrected chi connectivity index (χ2v) is 5.53. The molecule has 0 spiro atoms. The summed E-state index contributed by atoms with van der Waals surface area (Å²) < 4.78 is 10.9. The number of ether oxygens (including phenoxy) is 2. The van der Waals surface area contributed by atoms with Crippen molar-refractivity contribution in [2.45, 2.75) is 13.2 Å². The quantitative estimate of drug-likeness (QED) is 0.731. The average molecular weight is 319 g/mol. The summed E-state index contributed by atoms with van der Waals surface area (Å²) in [5, 5.41) is 0. The van der Waals surface area contributed by atoms with Crippen LogP contribution in [-0.4, -0.2) is 23.3 Å². The number of hydrogen-bond donors (Lipinski definition) is 0. The van der Waals surface area contributed by atoms with Gasteiger partial charge in [0.1, 0.15) is 23.0 Å². The van der Waals surface area contributed by atoms with Crippen molar-refractivity contribution in [2.24, 2.45) is 0 Å². The van der Waals surface area contributed by atoms with Crippen LogP contribution in [0.4, 0.5) is 5.82 Å². The average Bonchev–Trinajstić information content (AvgIpc) is 3.07. The van der Waals surface area contributed by atoms with Gasteiger partial charge in [0.15, 0.2) is 12.0 Å². The van der Waals surface area contributed by atoms with Crippen LogP contribution in [0.25, 0.3) is 22.2 Å². The summed E-state index contributed by atoms with van der Waals surface area (Å²) in [6, 6.07) is 14.1. The van der Waals surface area contributed by atoms with Crippen LogP contribution < -0.4 is 9.64 Å². The van der Waals surface area contributed by atoms with Crippen molar-refractivity contribution < 1.29 is 9.47 Å². The topological polar surface area (TPSA) is 47.5 Å². The predicted molar refractivity (Wildman–Crippen MR) is 93.7 cm³/mol. The fourth-order valence-electron chi connectivity index (χ4n) is 2.87. The molecule has 0 N–H and O–H groups in total. The van der Waals surface area contributed by atoms with Gasteiger partial charge in [0.25, 0.3) is 0 Å². The maximum atomic E-state index is 5.49. The number of methoxy groups -OCH3 is 1. The Balaban J connectivity index is 1.91. The zero-order valence-corrected chi connectivity index (χ0v) is 13.5. The third kappa shape index (κ3) is 2.34. The molecule has 0 radical (unpaired) electrons. The van der Waals surface area contributed by atoms with Crippen LogP contribution >= 0.6 is 0 Å². The number of nitrogens with zero attached hydrogens (tertiary/aromatic N) is 3. The molecule has 0 aliphatic carbocycles. The van der Waals surface area contributed by atoms with Gasteiger partial charge < -0.3 is 9.47 Å². The standard InChI is InChI=1S/C19H17N3O2/c1-13-22(10-11-24-13)17-12-20-18-15(14-6-4-3-5-7-14)8-9-16(23-2)19(18)21-17/h3-13H,1-2H3. The molecule has 1 aliphatic rings. The van der Waals surface area contributed by atoms with Gasteiger partial charge in [-0.25, -0.2) is 9.97 Å². The Bertz CT molecular complexity index is 909. The highest BCUT2D eigenvalue weighted by atomic mass is 16.5. The highest BCUT2D eigenvalue weighted by Gasteiger charge is 2.20. The summed E-state index contributed by atoms with van der Waals surface area (Å²) >= 11 is 0. The third-order valence-electron chi connectivity index (χ3n) is 4.11. The summed E-state index contributed by atoms with van der Waals surface area (Å²) in [6.07, 6.45) is 5.19. The SMILES string of the molecule is COc1ccc(-c2ccccc2)c2ncc(N3C=COC3C)nc12. The molecular formula is C19H17N3O2. The fraction of sp³-hybridized carbons (Fsp3) is 0.158. The molecule has 1 aromatic heterocycles. The van der Waals surface area contributed by atoms with Crippen molar-refractivity contribution in [3.63, 3.8) is 0 Å².